The number of terminal acetylenes is 1. The molecule has 3 aromatic carbocycles. The van der Waals surface area contributed by atoms with E-state index in [9.17, 15) is 23.1 Å². The summed E-state index contributed by atoms with van der Waals surface area (Å²) >= 11 is 0. The fourth-order valence-corrected chi connectivity index (χ4v) is 3.57. The molecule has 0 spiro atoms. The summed E-state index contributed by atoms with van der Waals surface area (Å²) in [5, 5.41) is 19.9. The molecule has 0 aliphatic heterocycles. The Kier molecular flexibility index (Phi) is 8.32. The van der Waals surface area contributed by atoms with Crippen LogP contribution in [0.15, 0.2) is 60.7 Å². The van der Waals surface area contributed by atoms with E-state index in [1.807, 2.05) is 43.3 Å². The van der Waals surface area contributed by atoms with E-state index in [2.05, 4.69) is 39.4 Å². The van der Waals surface area contributed by atoms with Gasteiger partial charge in [-0.1, -0.05) is 48.4 Å². The first-order valence-corrected chi connectivity index (χ1v) is 10.9. The molecular weight excluding hydrogens is 487 g/mol. The van der Waals surface area contributed by atoms with Crippen molar-refractivity contribution in [3.63, 3.8) is 0 Å². The Labute approximate surface area is 210 Å². The number of hydrogen-bond donors (Lipinski definition) is 4. The van der Waals surface area contributed by atoms with Crippen LogP contribution in [-0.4, -0.2) is 44.8 Å². The standard InChI is InChI=1S/C25H21N3O2.C2HF3O2/c1-3-11-26-15-17-5-4-6-20(12-17)18-7-9-19(10-8-18)21-13-22(25(29)30)24-23(14-21)27-16(2)28-24;3-2(4,5)1(6)7/h1,4-10,12-14,26H,11,15H2,2H3,(H,27,28)(H,29,30);(H,6,7). The van der Waals surface area contributed by atoms with Crippen molar-refractivity contribution in [1.82, 2.24) is 15.3 Å². The summed E-state index contributed by atoms with van der Waals surface area (Å²) in [7, 11) is 0. The lowest BCUT2D eigenvalue weighted by molar-refractivity contribution is -0.192. The molecule has 1 heterocycles. The molecule has 0 aliphatic rings. The molecule has 4 N–H and O–H groups in total. The maximum Gasteiger partial charge on any atom is 0.490 e. The highest BCUT2D eigenvalue weighted by Gasteiger charge is 2.38. The average Bonchev–Trinajstić information content (AvgIpc) is 3.23. The van der Waals surface area contributed by atoms with Crippen LogP contribution in [0.1, 0.15) is 21.7 Å². The molecular formula is C27H22F3N3O4. The van der Waals surface area contributed by atoms with Gasteiger partial charge < -0.3 is 20.5 Å². The number of nitrogens with one attached hydrogen (secondary N) is 2. The molecule has 1 aromatic heterocycles. The predicted octanol–water partition coefficient (Wildman–Crippen LogP) is 5.26. The number of halogens is 3. The number of carbonyl (C=O) groups is 2. The van der Waals surface area contributed by atoms with Gasteiger partial charge in [0.2, 0.25) is 0 Å². The first-order valence-electron chi connectivity index (χ1n) is 10.9. The van der Waals surface area contributed by atoms with Gasteiger partial charge in [-0.15, -0.1) is 6.42 Å². The minimum Gasteiger partial charge on any atom is -0.478 e. The van der Waals surface area contributed by atoms with Crippen molar-refractivity contribution >= 4 is 23.0 Å². The number of H-pyrrole nitrogens is 1. The van der Waals surface area contributed by atoms with Crippen molar-refractivity contribution in [1.29, 1.82) is 0 Å². The molecule has 4 rings (SSSR count). The topological polar surface area (TPSA) is 115 Å². The normalized spacial score (nSPS) is 10.9. The van der Waals surface area contributed by atoms with Gasteiger partial charge in [-0.25, -0.2) is 14.6 Å². The van der Waals surface area contributed by atoms with Crippen molar-refractivity contribution in [2.45, 2.75) is 19.6 Å². The van der Waals surface area contributed by atoms with E-state index in [1.54, 1.807) is 6.07 Å². The van der Waals surface area contributed by atoms with Crippen molar-refractivity contribution in [2.24, 2.45) is 0 Å². The number of aromatic nitrogens is 2. The number of carboxylic acid groups (broad SMARTS) is 2. The van der Waals surface area contributed by atoms with Crippen molar-refractivity contribution < 1.29 is 33.0 Å². The highest BCUT2D eigenvalue weighted by Crippen LogP contribution is 2.29. The number of aryl methyl sites for hydroxylation is 1. The Hall–Kier alpha value is -4.62. The Morgan fingerprint density at radius 2 is 1.62 bits per heavy atom. The van der Waals surface area contributed by atoms with Crippen LogP contribution in [0.2, 0.25) is 0 Å². The molecule has 10 heteroatoms. The minimum atomic E-state index is -5.08. The van der Waals surface area contributed by atoms with Crippen molar-refractivity contribution in [3.05, 3.63) is 77.6 Å². The van der Waals surface area contributed by atoms with Crippen LogP contribution in [-0.2, 0) is 11.3 Å². The third kappa shape index (κ3) is 6.96. The number of alkyl halides is 3. The number of rotatable bonds is 6. The Morgan fingerprint density at radius 3 is 2.19 bits per heavy atom. The lowest BCUT2D eigenvalue weighted by Gasteiger charge is -2.08. The van der Waals surface area contributed by atoms with Crippen LogP contribution < -0.4 is 5.32 Å². The molecule has 7 nitrogen and oxygen atoms in total. The zero-order valence-electron chi connectivity index (χ0n) is 19.6. The van der Waals surface area contributed by atoms with Gasteiger partial charge in [0.05, 0.1) is 17.6 Å². The monoisotopic (exact) mass is 509 g/mol. The average molecular weight is 509 g/mol. The molecule has 0 saturated heterocycles. The molecule has 0 unspecified atom stereocenters. The molecule has 190 valence electrons. The second-order valence-corrected chi connectivity index (χ2v) is 7.94. The third-order valence-electron chi connectivity index (χ3n) is 5.21. The predicted molar refractivity (Wildman–Crippen MR) is 133 cm³/mol. The zero-order chi connectivity index (χ0) is 27.2. The van der Waals surface area contributed by atoms with Crippen molar-refractivity contribution in [2.75, 3.05) is 6.54 Å². The van der Waals surface area contributed by atoms with E-state index in [-0.39, 0.29) is 5.56 Å². The zero-order valence-corrected chi connectivity index (χ0v) is 19.6. The summed E-state index contributed by atoms with van der Waals surface area (Å²) in [5.74, 6) is -0.476. The minimum absolute atomic E-state index is 0.197. The van der Waals surface area contributed by atoms with E-state index in [0.717, 1.165) is 39.9 Å². The van der Waals surface area contributed by atoms with E-state index in [1.165, 1.54) is 0 Å². The summed E-state index contributed by atoms with van der Waals surface area (Å²) in [5.41, 5.74) is 6.56. The number of carboxylic acids is 2. The summed E-state index contributed by atoms with van der Waals surface area (Å²) in [4.78, 5) is 28.0. The summed E-state index contributed by atoms with van der Waals surface area (Å²) in [6.45, 7) is 3.07. The van der Waals surface area contributed by atoms with E-state index >= 15 is 0 Å². The fourth-order valence-electron chi connectivity index (χ4n) is 3.57. The van der Waals surface area contributed by atoms with Crippen LogP contribution >= 0.6 is 0 Å². The smallest absolute Gasteiger partial charge is 0.478 e. The Bertz CT molecular complexity index is 1470. The number of hydrogen-bond acceptors (Lipinski definition) is 4. The van der Waals surface area contributed by atoms with Gasteiger partial charge in [-0.05, 0) is 52.9 Å². The van der Waals surface area contributed by atoms with Crippen molar-refractivity contribution in [3.8, 4) is 34.6 Å². The Balaban J connectivity index is 0.000000479. The van der Waals surface area contributed by atoms with Gasteiger partial charge in [-0.2, -0.15) is 13.2 Å². The molecule has 0 fully saturated rings. The number of aromatic carboxylic acids is 1. The second kappa shape index (κ2) is 11.4. The summed E-state index contributed by atoms with van der Waals surface area (Å²) in [6, 6.07) is 20.0. The van der Waals surface area contributed by atoms with Gasteiger partial charge in [0.15, 0.2) is 0 Å². The second-order valence-electron chi connectivity index (χ2n) is 7.94. The third-order valence-corrected chi connectivity index (χ3v) is 5.21. The summed E-state index contributed by atoms with van der Waals surface area (Å²) < 4.78 is 31.7. The molecule has 0 radical (unpaired) electrons. The molecule has 0 bridgehead atoms. The highest BCUT2D eigenvalue weighted by atomic mass is 19.4. The van der Waals surface area contributed by atoms with Crippen LogP contribution in [0.25, 0.3) is 33.3 Å². The van der Waals surface area contributed by atoms with Gasteiger partial charge in [0, 0.05) is 6.54 Å². The molecule has 4 aromatic rings. The van der Waals surface area contributed by atoms with E-state index < -0.39 is 18.1 Å². The van der Waals surface area contributed by atoms with Crippen LogP contribution in [0, 0.1) is 19.3 Å². The first-order chi connectivity index (χ1) is 17.5. The number of aliphatic carboxylic acids is 1. The highest BCUT2D eigenvalue weighted by molar-refractivity contribution is 6.03. The molecule has 0 aliphatic carbocycles. The van der Waals surface area contributed by atoms with Crippen LogP contribution in [0.4, 0.5) is 13.2 Å². The maximum absolute atomic E-state index is 11.7. The fraction of sp³-hybridized carbons (Fsp3) is 0.148. The Morgan fingerprint density at radius 1 is 1.00 bits per heavy atom. The molecule has 0 amide bonds. The molecule has 0 atom stereocenters. The number of aromatic amines is 1. The number of fused-ring (bicyclic) bond motifs is 1. The SMILES string of the molecule is C#CCNCc1cccc(-c2ccc(-c3cc(C(=O)O)c4nc(C)[nH]c4c3)cc2)c1.O=C(O)C(F)(F)F. The number of nitrogens with zero attached hydrogens (tertiary/aromatic N) is 1. The number of benzene rings is 3. The van der Waals surface area contributed by atoms with Crippen LogP contribution in [0.5, 0.6) is 0 Å². The largest absolute Gasteiger partial charge is 0.490 e. The van der Waals surface area contributed by atoms with Gasteiger partial charge in [-0.3, -0.25) is 0 Å². The van der Waals surface area contributed by atoms with Gasteiger partial charge in [0.1, 0.15) is 11.3 Å². The lowest BCUT2D eigenvalue weighted by Crippen LogP contribution is -2.21. The van der Waals surface area contributed by atoms with Crippen LogP contribution in [0.3, 0.4) is 0 Å². The lowest BCUT2D eigenvalue weighted by atomic mass is 9.97. The first kappa shape index (κ1) is 27.0. The maximum atomic E-state index is 11.7. The quantitative estimate of drug-likeness (QED) is 0.208. The number of imidazole rings is 1. The molecule has 0 saturated carbocycles. The van der Waals surface area contributed by atoms with Gasteiger partial charge >= 0.3 is 18.1 Å². The summed E-state index contributed by atoms with van der Waals surface area (Å²) in [6.07, 6.45) is 0.200. The van der Waals surface area contributed by atoms with Gasteiger partial charge in [0.25, 0.3) is 0 Å². The van der Waals surface area contributed by atoms with E-state index in [0.29, 0.717) is 17.9 Å². The molecule has 37 heavy (non-hydrogen) atoms. The van der Waals surface area contributed by atoms with E-state index in [4.69, 9.17) is 16.3 Å².